The zero-order chi connectivity index (χ0) is 10.6. The average molecular weight is 196 g/mol. The van der Waals surface area contributed by atoms with Gasteiger partial charge in [-0.1, -0.05) is 6.92 Å². The zero-order valence-electron chi connectivity index (χ0n) is 8.86. The van der Waals surface area contributed by atoms with Crippen molar-refractivity contribution in [3.8, 4) is 0 Å². The van der Waals surface area contributed by atoms with Crippen molar-refractivity contribution in [2.24, 2.45) is 0 Å². The van der Waals surface area contributed by atoms with Crippen molar-refractivity contribution >= 4 is 5.97 Å². The third-order valence-electron chi connectivity index (χ3n) is 2.01. The molecule has 1 atom stereocenters. The molecule has 1 aromatic rings. The van der Waals surface area contributed by atoms with Gasteiger partial charge in [-0.15, -0.1) is 0 Å². The van der Waals surface area contributed by atoms with E-state index in [4.69, 9.17) is 4.74 Å². The number of nitrogens with zero attached hydrogens (tertiary/aromatic N) is 2. The second-order valence-electron chi connectivity index (χ2n) is 3.11. The Morgan fingerprint density at radius 1 is 1.64 bits per heavy atom. The van der Waals surface area contributed by atoms with Crippen LogP contribution in [0.5, 0.6) is 0 Å². The van der Waals surface area contributed by atoms with Crippen LogP contribution in [0, 0.1) is 6.92 Å². The molecule has 0 aliphatic carbocycles. The smallest absolute Gasteiger partial charge is 0.330 e. The van der Waals surface area contributed by atoms with Crippen molar-refractivity contribution in [1.29, 1.82) is 0 Å². The molecule has 1 heterocycles. The fraction of sp³-hybridized carbons (Fsp3) is 0.600. The third-order valence-corrected chi connectivity index (χ3v) is 2.01. The number of carbonyl (C=O) groups excluding carboxylic acids is 1. The van der Waals surface area contributed by atoms with Crippen molar-refractivity contribution in [1.82, 2.24) is 9.78 Å². The van der Waals surface area contributed by atoms with Gasteiger partial charge in [0, 0.05) is 6.20 Å². The number of ether oxygens (including phenoxy) is 1. The predicted molar refractivity (Wildman–Crippen MR) is 52.9 cm³/mol. The predicted octanol–water partition coefficient (Wildman–Crippen LogP) is 1.71. The molecule has 1 aromatic heterocycles. The first-order valence-electron chi connectivity index (χ1n) is 4.87. The maximum absolute atomic E-state index is 11.5. The van der Waals surface area contributed by atoms with Gasteiger partial charge >= 0.3 is 5.97 Å². The molecule has 0 fully saturated rings. The molecular formula is C10H16N2O2. The first-order valence-corrected chi connectivity index (χ1v) is 4.87. The van der Waals surface area contributed by atoms with Crippen LogP contribution >= 0.6 is 0 Å². The van der Waals surface area contributed by atoms with Gasteiger partial charge in [0.1, 0.15) is 6.04 Å². The highest BCUT2D eigenvalue weighted by molar-refractivity contribution is 5.73. The Hall–Kier alpha value is -1.32. The maximum Gasteiger partial charge on any atom is 0.330 e. The summed E-state index contributed by atoms with van der Waals surface area (Å²) in [5.41, 5.74) is 0.910. The van der Waals surface area contributed by atoms with Gasteiger partial charge in [0.2, 0.25) is 0 Å². The molecule has 0 unspecified atom stereocenters. The van der Waals surface area contributed by atoms with Crippen molar-refractivity contribution in [3.63, 3.8) is 0 Å². The van der Waals surface area contributed by atoms with Crippen molar-refractivity contribution < 1.29 is 9.53 Å². The molecule has 4 heteroatoms. The number of aromatic nitrogens is 2. The number of rotatable bonds is 4. The Kier molecular flexibility index (Phi) is 3.68. The summed E-state index contributed by atoms with van der Waals surface area (Å²) in [5.74, 6) is -0.210. The summed E-state index contributed by atoms with van der Waals surface area (Å²) in [4.78, 5) is 11.5. The van der Waals surface area contributed by atoms with E-state index in [2.05, 4.69) is 5.10 Å². The third kappa shape index (κ3) is 2.34. The summed E-state index contributed by atoms with van der Waals surface area (Å²) in [6.07, 6.45) is 2.50. The number of carbonyl (C=O) groups is 1. The monoisotopic (exact) mass is 196 g/mol. The van der Waals surface area contributed by atoms with Crippen LogP contribution < -0.4 is 0 Å². The first-order chi connectivity index (χ1) is 6.69. The van der Waals surface area contributed by atoms with Crippen LogP contribution in [0.4, 0.5) is 0 Å². The van der Waals surface area contributed by atoms with Crippen LogP contribution in [-0.2, 0) is 9.53 Å². The number of esters is 1. The van der Waals surface area contributed by atoms with Crippen LogP contribution in [-0.4, -0.2) is 22.4 Å². The zero-order valence-corrected chi connectivity index (χ0v) is 8.86. The highest BCUT2D eigenvalue weighted by Crippen LogP contribution is 2.12. The molecule has 0 aliphatic rings. The van der Waals surface area contributed by atoms with Gasteiger partial charge in [-0.25, -0.2) is 4.79 Å². The van der Waals surface area contributed by atoms with Crippen molar-refractivity contribution in [2.75, 3.05) is 6.61 Å². The van der Waals surface area contributed by atoms with Crippen LogP contribution in [0.2, 0.25) is 0 Å². The topological polar surface area (TPSA) is 44.1 Å². The molecule has 0 radical (unpaired) electrons. The molecule has 0 N–H and O–H groups in total. The number of hydrogen-bond acceptors (Lipinski definition) is 3. The van der Waals surface area contributed by atoms with E-state index < -0.39 is 0 Å². The number of aryl methyl sites for hydroxylation is 1. The lowest BCUT2D eigenvalue weighted by Crippen LogP contribution is -2.21. The summed E-state index contributed by atoms with van der Waals surface area (Å²) < 4.78 is 6.62. The molecule has 0 amide bonds. The summed E-state index contributed by atoms with van der Waals surface area (Å²) in [6, 6.07) is 1.59. The van der Waals surface area contributed by atoms with Gasteiger partial charge < -0.3 is 4.74 Å². The van der Waals surface area contributed by atoms with Gasteiger partial charge in [-0.05, 0) is 26.3 Å². The van der Waals surface area contributed by atoms with Crippen LogP contribution in [0.15, 0.2) is 12.3 Å². The van der Waals surface area contributed by atoms with Gasteiger partial charge in [0.05, 0.1) is 12.3 Å². The molecule has 0 spiro atoms. The molecule has 78 valence electrons. The standard InChI is InChI=1S/C10H16N2O2/c1-4-9(10(13)14-5-2)12-7-6-8(3)11-12/h6-7,9H,4-5H2,1-3H3/t9-/m1/s1. The van der Waals surface area contributed by atoms with Crippen molar-refractivity contribution in [3.05, 3.63) is 18.0 Å². The second-order valence-corrected chi connectivity index (χ2v) is 3.11. The highest BCUT2D eigenvalue weighted by Gasteiger charge is 2.19. The molecule has 0 aromatic carbocycles. The lowest BCUT2D eigenvalue weighted by molar-refractivity contribution is -0.147. The first kappa shape index (κ1) is 10.8. The van der Waals surface area contributed by atoms with E-state index in [0.717, 1.165) is 5.69 Å². The molecular weight excluding hydrogens is 180 g/mol. The van der Waals surface area contributed by atoms with E-state index >= 15 is 0 Å². The fourth-order valence-electron chi connectivity index (χ4n) is 1.31. The van der Waals surface area contributed by atoms with E-state index in [1.54, 1.807) is 17.8 Å². The second kappa shape index (κ2) is 4.79. The van der Waals surface area contributed by atoms with Crippen LogP contribution in [0.1, 0.15) is 32.0 Å². The minimum atomic E-state index is -0.288. The lowest BCUT2D eigenvalue weighted by Gasteiger charge is -2.13. The minimum Gasteiger partial charge on any atom is -0.464 e. The van der Waals surface area contributed by atoms with Crippen LogP contribution in [0.3, 0.4) is 0 Å². The van der Waals surface area contributed by atoms with Crippen LogP contribution in [0.25, 0.3) is 0 Å². The average Bonchev–Trinajstić information content (AvgIpc) is 2.54. The Morgan fingerprint density at radius 2 is 2.36 bits per heavy atom. The van der Waals surface area contributed by atoms with Gasteiger partial charge in [0.25, 0.3) is 0 Å². The van der Waals surface area contributed by atoms with Gasteiger partial charge in [-0.3, -0.25) is 4.68 Å². The highest BCUT2D eigenvalue weighted by atomic mass is 16.5. The Labute approximate surface area is 83.9 Å². The quantitative estimate of drug-likeness (QED) is 0.688. The molecule has 0 saturated carbocycles. The van der Waals surface area contributed by atoms with Crippen molar-refractivity contribution in [2.45, 2.75) is 33.2 Å². The van der Waals surface area contributed by atoms with E-state index in [0.29, 0.717) is 13.0 Å². The summed E-state index contributed by atoms with van der Waals surface area (Å²) in [5, 5.41) is 4.20. The van der Waals surface area contributed by atoms with E-state index in [9.17, 15) is 4.79 Å². The normalized spacial score (nSPS) is 12.5. The Bertz CT molecular complexity index is 307. The van der Waals surface area contributed by atoms with Gasteiger partial charge in [0.15, 0.2) is 0 Å². The summed E-state index contributed by atoms with van der Waals surface area (Å²) >= 11 is 0. The number of hydrogen-bond donors (Lipinski definition) is 0. The molecule has 14 heavy (non-hydrogen) atoms. The minimum absolute atomic E-state index is 0.210. The van der Waals surface area contributed by atoms with E-state index in [1.165, 1.54) is 0 Å². The Morgan fingerprint density at radius 3 is 2.79 bits per heavy atom. The van der Waals surface area contributed by atoms with Gasteiger partial charge in [-0.2, -0.15) is 5.10 Å². The van der Waals surface area contributed by atoms with E-state index in [-0.39, 0.29) is 12.0 Å². The summed E-state index contributed by atoms with van der Waals surface area (Å²) in [6.45, 7) is 6.06. The Balaban J connectivity index is 2.76. The lowest BCUT2D eigenvalue weighted by atomic mass is 10.2. The fourth-order valence-corrected chi connectivity index (χ4v) is 1.31. The largest absolute Gasteiger partial charge is 0.464 e. The summed E-state index contributed by atoms with van der Waals surface area (Å²) in [7, 11) is 0. The molecule has 0 bridgehead atoms. The SMILES string of the molecule is CCOC(=O)[C@@H](CC)n1ccc(C)n1. The molecule has 0 saturated heterocycles. The molecule has 4 nitrogen and oxygen atoms in total. The maximum atomic E-state index is 11.5. The van der Waals surface area contributed by atoms with E-state index in [1.807, 2.05) is 19.9 Å². The molecule has 0 aliphatic heterocycles. The molecule has 1 rings (SSSR count).